The average Bonchev–Trinajstić information content (AvgIpc) is 2.60. The van der Waals surface area contributed by atoms with Crippen molar-refractivity contribution < 1.29 is 19.4 Å². The maximum Gasteiger partial charge on any atom is 0.410 e. The quantitative estimate of drug-likeness (QED) is 0.603. The molecule has 0 aliphatic carbocycles. The maximum atomic E-state index is 12.7. The van der Waals surface area contributed by atoms with Crippen LogP contribution < -0.4 is 10.6 Å². The Kier molecular flexibility index (Phi) is 8.12. The van der Waals surface area contributed by atoms with Gasteiger partial charge in [0, 0.05) is 30.0 Å². The predicted molar refractivity (Wildman–Crippen MR) is 114 cm³/mol. The first-order valence-corrected chi connectivity index (χ1v) is 10.4. The zero-order valence-corrected chi connectivity index (χ0v) is 18.3. The Balaban J connectivity index is 2.04. The summed E-state index contributed by atoms with van der Waals surface area (Å²) < 4.78 is 6.34. The number of aliphatic hydroxyl groups is 1. The van der Waals surface area contributed by atoms with E-state index in [-0.39, 0.29) is 31.1 Å². The van der Waals surface area contributed by atoms with E-state index in [1.807, 2.05) is 39.0 Å². The van der Waals surface area contributed by atoms with E-state index in [4.69, 9.17) is 9.84 Å². The molecule has 3 N–H and O–H groups in total. The number of likely N-dealkylation sites (tertiary alicyclic amines) is 1. The molecule has 0 radical (unpaired) electrons. The van der Waals surface area contributed by atoms with Crippen molar-refractivity contribution in [3.63, 3.8) is 0 Å². The van der Waals surface area contributed by atoms with Gasteiger partial charge in [0.15, 0.2) is 0 Å². The number of hydrogen-bond donors (Lipinski definition) is 3. The SMILES string of the molecule is CC(C)(C)OC(=O)N1CCCCC1CC(=O)Nc1cc(Br)ccc1NCCO. The third-order valence-electron chi connectivity index (χ3n) is 4.36. The third kappa shape index (κ3) is 6.98. The summed E-state index contributed by atoms with van der Waals surface area (Å²) in [7, 11) is 0. The minimum Gasteiger partial charge on any atom is -0.444 e. The van der Waals surface area contributed by atoms with Crippen molar-refractivity contribution in [3.05, 3.63) is 22.7 Å². The van der Waals surface area contributed by atoms with E-state index in [1.165, 1.54) is 0 Å². The van der Waals surface area contributed by atoms with Gasteiger partial charge in [0.2, 0.25) is 5.91 Å². The number of nitrogens with one attached hydrogen (secondary N) is 2. The summed E-state index contributed by atoms with van der Waals surface area (Å²) in [5.74, 6) is -0.161. The Morgan fingerprint density at radius 2 is 2.04 bits per heavy atom. The highest BCUT2D eigenvalue weighted by molar-refractivity contribution is 9.10. The van der Waals surface area contributed by atoms with Gasteiger partial charge in [0.05, 0.1) is 18.0 Å². The molecule has 1 unspecified atom stereocenters. The normalized spacial score (nSPS) is 17.2. The van der Waals surface area contributed by atoms with Gasteiger partial charge in [0.1, 0.15) is 5.60 Å². The van der Waals surface area contributed by atoms with Gasteiger partial charge in [-0.15, -0.1) is 0 Å². The molecule has 0 saturated carbocycles. The first-order chi connectivity index (χ1) is 13.2. The molecule has 0 spiro atoms. The molecule has 1 aromatic carbocycles. The van der Waals surface area contributed by atoms with E-state index in [0.717, 1.165) is 29.4 Å². The number of carbonyl (C=O) groups is 2. The van der Waals surface area contributed by atoms with Crippen LogP contribution in [-0.4, -0.2) is 53.3 Å². The lowest BCUT2D eigenvalue weighted by atomic mass is 9.99. The van der Waals surface area contributed by atoms with E-state index >= 15 is 0 Å². The van der Waals surface area contributed by atoms with Crippen LogP contribution in [0, 0.1) is 0 Å². The summed E-state index contributed by atoms with van der Waals surface area (Å²) in [6, 6.07) is 5.33. The number of rotatable bonds is 6. The third-order valence-corrected chi connectivity index (χ3v) is 4.85. The second-order valence-electron chi connectivity index (χ2n) is 7.92. The molecule has 0 aromatic heterocycles. The van der Waals surface area contributed by atoms with Crippen LogP contribution in [0.25, 0.3) is 0 Å². The Morgan fingerprint density at radius 1 is 1.29 bits per heavy atom. The number of ether oxygens (including phenoxy) is 1. The summed E-state index contributed by atoms with van der Waals surface area (Å²) in [4.78, 5) is 26.9. The zero-order valence-electron chi connectivity index (χ0n) is 16.8. The van der Waals surface area contributed by atoms with E-state index in [9.17, 15) is 9.59 Å². The minimum absolute atomic E-state index is 0.00360. The average molecular weight is 456 g/mol. The van der Waals surface area contributed by atoms with Gasteiger partial charge >= 0.3 is 6.09 Å². The zero-order chi connectivity index (χ0) is 20.7. The second-order valence-corrected chi connectivity index (χ2v) is 8.83. The number of halogens is 1. The Bertz CT molecular complexity index is 691. The number of aliphatic hydroxyl groups excluding tert-OH is 1. The van der Waals surface area contributed by atoms with Gasteiger partial charge in [-0.05, 0) is 58.2 Å². The summed E-state index contributed by atoms with van der Waals surface area (Å²) >= 11 is 3.41. The number of anilines is 2. The monoisotopic (exact) mass is 455 g/mol. The van der Waals surface area contributed by atoms with Crippen molar-refractivity contribution >= 4 is 39.3 Å². The highest BCUT2D eigenvalue weighted by Gasteiger charge is 2.31. The number of amides is 2. The number of hydrogen-bond acceptors (Lipinski definition) is 5. The molecular weight excluding hydrogens is 426 g/mol. The lowest BCUT2D eigenvalue weighted by Gasteiger charge is -2.36. The van der Waals surface area contributed by atoms with Crippen molar-refractivity contribution in [1.82, 2.24) is 4.90 Å². The molecule has 7 nitrogen and oxygen atoms in total. The fraction of sp³-hybridized carbons (Fsp3) is 0.600. The van der Waals surface area contributed by atoms with Crippen molar-refractivity contribution in [1.29, 1.82) is 0 Å². The maximum absolute atomic E-state index is 12.7. The smallest absolute Gasteiger partial charge is 0.410 e. The van der Waals surface area contributed by atoms with Crippen LogP contribution in [0.2, 0.25) is 0 Å². The molecule has 1 aromatic rings. The van der Waals surface area contributed by atoms with E-state index in [0.29, 0.717) is 18.8 Å². The molecule has 1 aliphatic rings. The van der Waals surface area contributed by atoms with Crippen LogP contribution in [-0.2, 0) is 9.53 Å². The largest absolute Gasteiger partial charge is 0.444 e. The van der Waals surface area contributed by atoms with Gasteiger partial charge in [-0.1, -0.05) is 15.9 Å². The Morgan fingerprint density at radius 3 is 2.71 bits per heavy atom. The topological polar surface area (TPSA) is 90.9 Å². The Hall–Kier alpha value is -1.80. The van der Waals surface area contributed by atoms with Crippen molar-refractivity contribution in [2.75, 3.05) is 30.3 Å². The van der Waals surface area contributed by atoms with Gasteiger partial charge in [0.25, 0.3) is 0 Å². The Labute approximate surface area is 174 Å². The first-order valence-electron chi connectivity index (χ1n) is 9.63. The van der Waals surface area contributed by atoms with Gasteiger partial charge in [-0.25, -0.2) is 4.79 Å². The summed E-state index contributed by atoms with van der Waals surface area (Å²) in [5, 5.41) is 15.0. The molecule has 0 bridgehead atoms. The van der Waals surface area contributed by atoms with Crippen molar-refractivity contribution in [2.24, 2.45) is 0 Å². The predicted octanol–water partition coefficient (Wildman–Crippen LogP) is 3.97. The molecule has 1 saturated heterocycles. The second kappa shape index (κ2) is 10.1. The molecule has 1 heterocycles. The van der Waals surface area contributed by atoms with Gasteiger partial charge in [-0.3, -0.25) is 4.79 Å². The fourth-order valence-electron chi connectivity index (χ4n) is 3.15. The van der Waals surface area contributed by atoms with Crippen molar-refractivity contribution in [3.8, 4) is 0 Å². The van der Waals surface area contributed by atoms with Crippen LogP contribution >= 0.6 is 15.9 Å². The lowest BCUT2D eigenvalue weighted by Crippen LogP contribution is -2.47. The molecule has 2 amide bonds. The molecule has 1 fully saturated rings. The number of piperidine rings is 1. The molecule has 1 aliphatic heterocycles. The van der Waals surface area contributed by atoms with Crippen LogP contribution in [0.1, 0.15) is 46.5 Å². The highest BCUT2D eigenvalue weighted by atomic mass is 79.9. The number of benzene rings is 1. The first kappa shape index (κ1) is 22.5. The summed E-state index contributed by atoms with van der Waals surface area (Å²) in [6.45, 7) is 6.50. The molecule has 156 valence electrons. The van der Waals surface area contributed by atoms with Gasteiger partial charge < -0.3 is 25.4 Å². The lowest BCUT2D eigenvalue weighted by molar-refractivity contribution is -0.117. The molecule has 8 heteroatoms. The van der Waals surface area contributed by atoms with Crippen molar-refractivity contribution in [2.45, 2.75) is 58.1 Å². The van der Waals surface area contributed by atoms with Crippen LogP contribution in [0.4, 0.5) is 16.2 Å². The molecule has 28 heavy (non-hydrogen) atoms. The highest BCUT2D eigenvalue weighted by Crippen LogP contribution is 2.27. The minimum atomic E-state index is -0.565. The van der Waals surface area contributed by atoms with E-state index in [2.05, 4.69) is 26.6 Å². The standard InChI is InChI=1S/C20H30BrN3O4/c1-20(2,3)28-19(27)24-10-5-4-6-15(24)13-18(26)23-17-12-14(21)7-8-16(17)22-9-11-25/h7-8,12,15,22,25H,4-6,9-11,13H2,1-3H3,(H,23,26). The molecule has 2 rings (SSSR count). The van der Waals surface area contributed by atoms with Crippen LogP contribution in [0.3, 0.4) is 0 Å². The number of nitrogens with zero attached hydrogens (tertiary/aromatic N) is 1. The van der Waals surface area contributed by atoms with Crippen LogP contribution in [0.15, 0.2) is 22.7 Å². The summed E-state index contributed by atoms with van der Waals surface area (Å²) in [6.07, 6.45) is 2.53. The fourth-order valence-corrected chi connectivity index (χ4v) is 3.51. The van der Waals surface area contributed by atoms with E-state index in [1.54, 1.807) is 4.90 Å². The van der Waals surface area contributed by atoms with E-state index < -0.39 is 5.60 Å². The number of carbonyl (C=O) groups excluding carboxylic acids is 2. The summed E-state index contributed by atoms with van der Waals surface area (Å²) in [5.41, 5.74) is 0.802. The van der Waals surface area contributed by atoms with Gasteiger partial charge in [-0.2, -0.15) is 0 Å². The van der Waals surface area contributed by atoms with Crippen LogP contribution in [0.5, 0.6) is 0 Å². The molecule has 1 atom stereocenters. The molecular formula is C20H30BrN3O4.